The Kier molecular flexibility index (Phi) is 4.82. The maximum atomic E-state index is 11.0. The van der Waals surface area contributed by atoms with Crippen LogP contribution in [0.15, 0.2) is 34.9 Å². The molecule has 1 aliphatic rings. The van der Waals surface area contributed by atoms with Crippen molar-refractivity contribution in [2.45, 2.75) is 32.6 Å². The van der Waals surface area contributed by atoms with Crippen LogP contribution in [-0.4, -0.2) is 15.6 Å². The van der Waals surface area contributed by atoms with Crippen molar-refractivity contribution in [2.75, 3.05) is 5.43 Å². The molecule has 0 unspecified atom stereocenters. The molecule has 0 saturated carbocycles. The first-order valence-electron chi connectivity index (χ1n) is 6.91. The molecule has 0 bridgehead atoms. The summed E-state index contributed by atoms with van der Waals surface area (Å²) in [5.41, 5.74) is 3.97. The molecule has 2 rings (SSSR count). The van der Waals surface area contributed by atoms with Crippen molar-refractivity contribution in [1.82, 2.24) is 0 Å². The average Bonchev–Trinajstić information content (AvgIpc) is 2.53. The molecule has 0 aliphatic heterocycles. The topological polar surface area (TPSA) is 111 Å². The molecule has 116 valence electrons. The smallest absolute Gasteiger partial charge is 0.271 e. The first-order valence-corrected chi connectivity index (χ1v) is 6.91. The minimum Gasteiger partial charge on any atom is -0.271 e. The van der Waals surface area contributed by atoms with Crippen molar-refractivity contribution >= 4 is 22.8 Å². The Bertz CT molecular complexity index is 667. The molecule has 0 radical (unpaired) electrons. The molecule has 8 heteroatoms. The van der Waals surface area contributed by atoms with Crippen molar-refractivity contribution in [1.29, 1.82) is 0 Å². The Labute approximate surface area is 126 Å². The van der Waals surface area contributed by atoms with E-state index < -0.39 is 9.85 Å². The standard InChI is InChI=1S/C14H16N4O4/c1-10(11-5-3-2-4-6-11)15-16-13-8-7-12(17(19)20)9-14(13)18(21)22/h5,7-9,16H,2-4,6H2,1H3/b15-10+. The van der Waals surface area contributed by atoms with Crippen LogP contribution in [0.2, 0.25) is 0 Å². The maximum absolute atomic E-state index is 11.0. The highest BCUT2D eigenvalue weighted by Crippen LogP contribution is 2.29. The highest BCUT2D eigenvalue weighted by Gasteiger charge is 2.19. The normalized spacial score (nSPS) is 15.1. The highest BCUT2D eigenvalue weighted by molar-refractivity contribution is 5.98. The minimum absolute atomic E-state index is 0.131. The summed E-state index contributed by atoms with van der Waals surface area (Å²) in [7, 11) is 0. The van der Waals surface area contributed by atoms with Gasteiger partial charge in [-0.3, -0.25) is 25.7 Å². The Morgan fingerprint density at radius 1 is 1.23 bits per heavy atom. The van der Waals surface area contributed by atoms with E-state index in [2.05, 4.69) is 16.6 Å². The fraction of sp³-hybridized carbons (Fsp3) is 0.357. The third kappa shape index (κ3) is 3.66. The van der Waals surface area contributed by atoms with Crippen molar-refractivity contribution in [2.24, 2.45) is 5.10 Å². The summed E-state index contributed by atoms with van der Waals surface area (Å²) < 4.78 is 0. The summed E-state index contributed by atoms with van der Waals surface area (Å²) in [6.07, 6.45) is 6.35. The molecule has 1 aliphatic carbocycles. The molecule has 1 N–H and O–H groups in total. The van der Waals surface area contributed by atoms with Gasteiger partial charge in [0, 0.05) is 6.07 Å². The third-order valence-electron chi connectivity index (χ3n) is 3.49. The summed E-state index contributed by atoms with van der Waals surface area (Å²) in [5.74, 6) is 0. The van der Waals surface area contributed by atoms with Crippen LogP contribution in [0.25, 0.3) is 0 Å². The Morgan fingerprint density at radius 3 is 2.59 bits per heavy atom. The van der Waals surface area contributed by atoms with Crippen LogP contribution in [0, 0.1) is 20.2 Å². The van der Waals surface area contributed by atoms with Crippen LogP contribution in [0.3, 0.4) is 0 Å². The van der Waals surface area contributed by atoms with Crippen LogP contribution in [0.1, 0.15) is 32.6 Å². The predicted octanol–water partition coefficient (Wildman–Crippen LogP) is 3.79. The Morgan fingerprint density at radius 2 is 2.00 bits per heavy atom. The Balaban J connectivity index is 2.23. The molecule has 0 fully saturated rings. The van der Waals surface area contributed by atoms with Gasteiger partial charge in [-0.05, 0) is 44.2 Å². The second-order valence-corrected chi connectivity index (χ2v) is 5.00. The van der Waals surface area contributed by atoms with E-state index in [0.29, 0.717) is 0 Å². The lowest BCUT2D eigenvalue weighted by Crippen LogP contribution is -2.05. The molecule has 1 aromatic rings. The molecule has 0 heterocycles. The summed E-state index contributed by atoms with van der Waals surface area (Å²) in [6, 6.07) is 3.43. The predicted molar refractivity (Wildman–Crippen MR) is 83.0 cm³/mol. The second kappa shape index (κ2) is 6.79. The van der Waals surface area contributed by atoms with E-state index in [1.165, 1.54) is 12.1 Å². The molecule has 0 spiro atoms. The number of hydrogen-bond donors (Lipinski definition) is 1. The van der Waals surface area contributed by atoms with Gasteiger partial charge in [-0.2, -0.15) is 5.10 Å². The van der Waals surface area contributed by atoms with Gasteiger partial charge in [0.1, 0.15) is 5.69 Å². The first-order chi connectivity index (χ1) is 10.5. The fourth-order valence-electron chi connectivity index (χ4n) is 2.26. The van der Waals surface area contributed by atoms with Crippen molar-refractivity contribution in [3.05, 3.63) is 50.1 Å². The average molecular weight is 304 g/mol. The van der Waals surface area contributed by atoms with Gasteiger partial charge in [0.05, 0.1) is 21.6 Å². The highest BCUT2D eigenvalue weighted by atomic mass is 16.6. The number of nitrogens with one attached hydrogen (secondary N) is 1. The number of rotatable bonds is 5. The number of nitrogens with zero attached hydrogens (tertiary/aromatic N) is 3. The van der Waals surface area contributed by atoms with Gasteiger partial charge < -0.3 is 0 Å². The lowest BCUT2D eigenvalue weighted by molar-refractivity contribution is -0.393. The summed E-state index contributed by atoms with van der Waals surface area (Å²) in [4.78, 5) is 20.4. The monoisotopic (exact) mass is 304 g/mol. The fourth-order valence-corrected chi connectivity index (χ4v) is 2.26. The molecule has 1 aromatic carbocycles. The number of hydrazone groups is 1. The second-order valence-electron chi connectivity index (χ2n) is 5.00. The van der Waals surface area contributed by atoms with Crippen LogP contribution >= 0.6 is 0 Å². The van der Waals surface area contributed by atoms with E-state index >= 15 is 0 Å². The first kappa shape index (κ1) is 15.6. The van der Waals surface area contributed by atoms with Crippen molar-refractivity contribution in [3.8, 4) is 0 Å². The molecular weight excluding hydrogens is 288 g/mol. The van der Waals surface area contributed by atoms with Gasteiger partial charge in [-0.1, -0.05) is 6.08 Å². The number of nitro benzene ring substituents is 2. The zero-order valence-corrected chi connectivity index (χ0v) is 12.1. The van der Waals surface area contributed by atoms with Gasteiger partial charge >= 0.3 is 5.69 Å². The number of nitro groups is 2. The summed E-state index contributed by atoms with van der Waals surface area (Å²) in [6.45, 7) is 1.83. The van der Waals surface area contributed by atoms with E-state index in [0.717, 1.165) is 43.0 Å². The number of non-ortho nitro benzene ring substituents is 1. The Hall–Kier alpha value is -2.77. The van der Waals surface area contributed by atoms with Gasteiger partial charge in [0.15, 0.2) is 0 Å². The van der Waals surface area contributed by atoms with Crippen molar-refractivity contribution in [3.63, 3.8) is 0 Å². The van der Waals surface area contributed by atoms with Gasteiger partial charge in [0.2, 0.25) is 0 Å². The molecule has 0 aromatic heterocycles. The minimum atomic E-state index is -0.669. The van der Waals surface area contributed by atoms with E-state index in [4.69, 9.17) is 0 Å². The van der Waals surface area contributed by atoms with E-state index in [1.54, 1.807) is 0 Å². The number of allylic oxidation sites excluding steroid dienone is 2. The van der Waals surface area contributed by atoms with Gasteiger partial charge in [0.25, 0.3) is 5.69 Å². The van der Waals surface area contributed by atoms with E-state index in [-0.39, 0.29) is 17.1 Å². The largest absolute Gasteiger partial charge is 0.301 e. The molecule has 0 atom stereocenters. The van der Waals surface area contributed by atoms with Crippen LogP contribution in [-0.2, 0) is 0 Å². The molecule has 22 heavy (non-hydrogen) atoms. The zero-order chi connectivity index (χ0) is 16.1. The van der Waals surface area contributed by atoms with Crippen LogP contribution in [0.5, 0.6) is 0 Å². The molecular formula is C14H16N4O4. The SMILES string of the molecule is C/C(=N\Nc1ccc([N+](=O)[O-])cc1[N+](=O)[O-])C1=CCCCC1. The van der Waals surface area contributed by atoms with Crippen LogP contribution < -0.4 is 5.43 Å². The summed E-state index contributed by atoms with van der Waals surface area (Å²) >= 11 is 0. The summed E-state index contributed by atoms with van der Waals surface area (Å²) in [5, 5.41) is 25.9. The lowest BCUT2D eigenvalue weighted by Gasteiger charge is -2.12. The van der Waals surface area contributed by atoms with E-state index in [9.17, 15) is 20.2 Å². The molecule has 0 amide bonds. The number of benzene rings is 1. The van der Waals surface area contributed by atoms with Crippen LogP contribution in [0.4, 0.5) is 17.1 Å². The van der Waals surface area contributed by atoms with Crippen molar-refractivity contribution < 1.29 is 9.85 Å². The maximum Gasteiger partial charge on any atom is 0.301 e. The third-order valence-corrected chi connectivity index (χ3v) is 3.49. The molecule has 8 nitrogen and oxygen atoms in total. The number of hydrogen-bond acceptors (Lipinski definition) is 6. The van der Waals surface area contributed by atoms with Gasteiger partial charge in [-0.15, -0.1) is 0 Å². The zero-order valence-electron chi connectivity index (χ0n) is 12.1. The molecule has 0 saturated heterocycles. The quantitative estimate of drug-likeness (QED) is 0.505. The van der Waals surface area contributed by atoms with Gasteiger partial charge in [-0.25, -0.2) is 0 Å². The number of anilines is 1. The van der Waals surface area contributed by atoms with E-state index in [1.807, 2.05) is 6.92 Å². The lowest BCUT2D eigenvalue weighted by atomic mass is 9.97.